The quantitative estimate of drug-likeness (QED) is 0.296. The van der Waals surface area contributed by atoms with Crippen molar-refractivity contribution in [2.75, 3.05) is 37.3 Å². The minimum absolute atomic E-state index is 0.155. The van der Waals surface area contributed by atoms with E-state index in [0.717, 1.165) is 56.6 Å². The number of carbonyl (C=O) groups is 2. The van der Waals surface area contributed by atoms with Crippen molar-refractivity contribution >= 4 is 29.3 Å². The number of amides is 1. The Morgan fingerprint density at radius 2 is 1.82 bits per heavy atom. The molecule has 0 spiro atoms. The van der Waals surface area contributed by atoms with Crippen molar-refractivity contribution in [3.63, 3.8) is 0 Å². The largest absolute Gasteiger partial charge is 0.462 e. The average molecular weight is 487 g/mol. The van der Waals surface area contributed by atoms with E-state index in [1.54, 1.807) is 31.2 Å². The van der Waals surface area contributed by atoms with Crippen LogP contribution in [-0.4, -0.2) is 58.3 Å². The number of fused-ring (bicyclic) bond motifs is 1. The van der Waals surface area contributed by atoms with Crippen LogP contribution in [0.3, 0.4) is 0 Å². The molecule has 1 heterocycles. The SMILES string of the molecule is CCOC(=O)c1ccc(NC(=O)CSc2nc(=O)n(CCN(CC)CC)c3c2CCCC3)cc1. The van der Waals surface area contributed by atoms with Crippen LogP contribution in [0.5, 0.6) is 0 Å². The third-order valence-electron chi connectivity index (χ3n) is 6.00. The topological polar surface area (TPSA) is 93.5 Å². The van der Waals surface area contributed by atoms with Gasteiger partial charge in [-0.1, -0.05) is 25.6 Å². The highest BCUT2D eigenvalue weighted by Crippen LogP contribution is 2.28. The summed E-state index contributed by atoms with van der Waals surface area (Å²) in [4.78, 5) is 43.8. The highest BCUT2D eigenvalue weighted by Gasteiger charge is 2.21. The summed E-state index contributed by atoms with van der Waals surface area (Å²) < 4.78 is 6.81. The van der Waals surface area contributed by atoms with Gasteiger partial charge in [-0.15, -0.1) is 0 Å². The number of hydrogen-bond donors (Lipinski definition) is 1. The van der Waals surface area contributed by atoms with Crippen LogP contribution in [0, 0.1) is 0 Å². The van der Waals surface area contributed by atoms with Crippen molar-refractivity contribution in [2.24, 2.45) is 0 Å². The van der Waals surface area contributed by atoms with Gasteiger partial charge in [0.25, 0.3) is 0 Å². The van der Waals surface area contributed by atoms with Crippen molar-refractivity contribution in [3.05, 3.63) is 51.6 Å². The number of ether oxygens (including phenoxy) is 1. The maximum atomic E-state index is 12.9. The minimum Gasteiger partial charge on any atom is -0.462 e. The molecule has 0 unspecified atom stereocenters. The van der Waals surface area contributed by atoms with Crippen LogP contribution in [0.25, 0.3) is 0 Å². The molecule has 0 fully saturated rings. The molecule has 0 atom stereocenters. The van der Waals surface area contributed by atoms with Gasteiger partial charge in [-0.25, -0.2) is 9.59 Å². The van der Waals surface area contributed by atoms with Crippen LogP contribution in [0.4, 0.5) is 5.69 Å². The highest BCUT2D eigenvalue weighted by atomic mass is 32.2. The molecule has 2 aromatic rings. The number of anilines is 1. The zero-order chi connectivity index (χ0) is 24.5. The summed E-state index contributed by atoms with van der Waals surface area (Å²) in [6, 6.07) is 6.59. The summed E-state index contributed by atoms with van der Waals surface area (Å²) in [6.45, 7) is 9.69. The lowest BCUT2D eigenvalue weighted by Gasteiger charge is -2.24. The fourth-order valence-electron chi connectivity index (χ4n) is 4.11. The third kappa shape index (κ3) is 6.70. The third-order valence-corrected chi connectivity index (χ3v) is 7.02. The molecule has 9 heteroatoms. The van der Waals surface area contributed by atoms with E-state index in [9.17, 15) is 14.4 Å². The van der Waals surface area contributed by atoms with E-state index in [1.165, 1.54) is 11.8 Å². The number of nitrogens with one attached hydrogen (secondary N) is 1. The molecule has 1 aliphatic carbocycles. The van der Waals surface area contributed by atoms with Crippen LogP contribution < -0.4 is 11.0 Å². The molecule has 0 saturated heterocycles. The molecule has 8 nitrogen and oxygen atoms in total. The number of carbonyl (C=O) groups excluding carboxylic acids is 2. The summed E-state index contributed by atoms with van der Waals surface area (Å²) in [5.74, 6) is -0.424. The lowest BCUT2D eigenvalue weighted by atomic mass is 9.97. The summed E-state index contributed by atoms with van der Waals surface area (Å²) in [5, 5.41) is 3.51. The molecular formula is C25H34N4O4S. The lowest BCUT2D eigenvalue weighted by molar-refractivity contribution is -0.113. The first kappa shape index (κ1) is 26.0. The minimum atomic E-state index is -0.390. The fraction of sp³-hybridized carbons (Fsp3) is 0.520. The molecule has 34 heavy (non-hydrogen) atoms. The van der Waals surface area contributed by atoms with Gasteiger partial charge in [0.2, 0.25) is 5.91 Å². The Morgan fingerprint density at radius 1 is 1.12 bits per heavy atom. The van der Waals surface area contributed by atoms with E-state index in [4.69, 9.17) is 4.74 Å². The Kier molecular flexibility index (Phi) is 9.71. The van der Waals surface area contributed by atoms with Crippen molar-refractivity contribution in [1.29, 1.82) is 0 Å². The second kappa shape index (κ2) is 12.7. The van der Waals surface area contributed by atoms with Gasteiger partial charge in [0.1, 0.15) is 5.03 Å². The van der Waals surface area contributed by atoms with Crippen LogP contribution in [0.1, 0.15) is 55.2 Å². The predicted molar refractivity (Wildman–Crippen MR) is 135 cm³/mol. The first-order valence-corrected chi connectivity index (χ1v) is 13.0. The van der Waals surface area contributed by atoms with E-state index in [1.807, 2.05) is 4.57 Å². The number of benzene rings is 1. The molecule has 0 radical (unpaired) electrons. The van der Waals surface area contributed by atoms with E-state index in [0.29, 0.717) is 29.4 Å². The molecule has 0 saturated carbocycles. The molecule has 1 aliphatic rings. The van der Waals surface area contributed by atoms with Gasteiger partial charge in [0.15, 0.2) is 0 Å². The Morgan fingerprint density at radius 3 is 2.50 bits per heavy atom. The van der Waals surface area contributed by atoms with Gasteiger partial charge >= 0.3 is 11.7 Å². The Hall–Kier alpha value is -2.65. The highest BCUT2D eigenvalue weighted by molar-refractivity contribution is 8.00. The van der Waals surface area contributed by atoms with Crippen LogP contribution in [0.15, 0.2) is 34.1 Å². The summed E-state index contributed by atoms with van der Waals surface area (Å²) in [7, 11) is 0. The molecular weight excluding hydrogens is 452 g/mol. The number of nitrogens with zero attached hydrogens (tertiary/aromatic N) is 3. The first-order valence-electron chi connectivity index (χ1n) is 12.0. The Balaban J connectivity index is 1.66. The van der Waals surface area contributed by atoms with Crippen LogP contribution in [-0.2, 0) is 28.9 Å². The number of likely N-dealkylation sites (N-methyl/N-ethyl adjacent to an activating group) is 1. The molecule has 0 bridgehead atoms. The van der Waals surface area contributed by atoms with Crippen molar-refractivity contribution in [2.45, 2.75) is 58.0 Å². The zero-order valence-corrected chi connectivity index (χ0v) is 21.1. The number of aromatic nitrogens is 2. The van der Waals surface area contributed by atoms with Gasteiger partial charge in [0, 0.05) is 30.0 Å². The maximum absolute atomic E-state index is 12.9. The monoisotopic (exact) mass is 486 g/mol. The smallest absolute Gasteiger partial charge is 0.348 e. The molecule has 184 valence electrons. The fourth-order valence-corrected chi connectivity index (χ4v) is 4.99. The van der Waals surface area contributed by atoms with Gasteiger partial charge in [-0.3, -0.25) is 9.36 Å². The van der Waals surface area contributed by atoms with E-state index < -0.39 is 5.97 Å². The van der Waals surface area contributed by atoms with Crippen molar-refractivity contribution in [1.82, 2.24) is 14.5 Å². The molecule has 0 aliphatic heterocycles. The Bertz CT molecular complexity index is 1050. The summed E-state index contributed by atoms with van der Waals surface area (Å²) in [5.41, 5.74) is 3.00. The number of rotatable bonds is 11. The van der Waals surface area contributed by atoms with Crippen LogP contribution in [0.2, 0.25) is 0 Å². The van der Waals surface area contributed by atoms with E-state index in [-0.39, 0.29) is 17.3 Å². The lowest BCUT2D eigenvalue weighted by Crippen LogP contribution is -2.35. The van der Waals surface area contributed by atoms with Gasteiger partial charge < -0.3 is 15.0 Å². The maximum Gasteiger partial charge on any atom is 0.348 e. The summed E-state index contributed by atoms with van der Waals surface area (Å²) in [6.07, 6.45) is 3.88. The Labute approximate surface area is 205 Å². The second-order valence-corrected chi connectivity index (χ2v) is 9.11. The predicted octanol–water partition coefficient (Wildman–Crippen LogP) is 3.37. The van der Waals surface area contributed by atoms with E-state index in [2.05, 4.69) is 29.0 Å². The molecule has 1 aromatic carbocycles. The normalized spacial score (nSPS) is 12.9. The molecule has 1 N–H and O–H groups in total. The standard InChI is InChI=1S/C25H34N4O4S/c1-4-28(5-2)15-16-29-21-10-8-7-9-20(21)23(27-25(29)32)34-17-22(30)26-19-13-11-18(12-14-19)24(31)33-6-3/h11-14H,4-10,15-17H2,1-3H3,(H,26,30). The second-order valence-electron chi connectivity index (χ2n) is 8.15. The molecule has 1 amide bonds. The van der Waals surface area contributed by atoms with Gasteiger partial charge in [-0.2, -0.15) is 4.98 Å². The average Bonchev–Trinajstić information content (AvgIpc) is 2.85. The zero-order valence-electron chi connectivity index (χ0n) is 20.3. The molecule has 1 aromatic heterocycles. The van der Waals surface area contributed by atoms with Crippen molar-refractivity contribution in [3.8, 4) is 0 Å². The van der Waals surface area contributed by atoms with Crippen molar-refractivity contribution < 1.29 is 14.3 Å². The number of esters is 1. The number of hydrogen-bond acceptors (Lipinski definition) is 7. The van der Waals surface area contributed by atoms with Gasteiger partial charge in [0.05, 0.1) is 17.9 Å². The first-order chi connectivity index (χ1) is 16.5. The van der Waals surface area contributed by atoms with Crippen LogP contribution >= 0.6 is 11.8 Å². The molecule has 3 rings (SSSR count). The summed E-state index contributed by atoms with van der Waals surface area (Å²) >= 11 is 1.31. The number of thioether (sulfide) groups is 1. The van der Waals surface area contributed by atoms with Gasteiger partial charge in [-0.05, 0) is 70.0 Å². The van der Waals surface area contributed by atoms with E-state index >= 15 is 0 Å².